The van der Waals surface area contributed by atoms with Gasteiger partial charge in [-0.05, 0) is 46.5 Å². The third-order valence-corrected chi connectivity index (χ3v) is 12.1. The number of aromatic nitrogens is 2. The van der Waals surface area contributed by atoms with Gasteiger partial charge in [-0.2, -0.15) is 0 Å². The molecule has 54 heavy (non-hydrogen) atoms. The summed E-state index contributed by atoms with van der Waals surface area (Å²) < 4.78 is 66.1. The third kappa shape index (κ3) is 7.20. The lowest BCUT2D eigenvalue weighted by atomic mass is 10.1. The number of benzene rings is 4. The Balaban J connectivity index is 0.000000176. The van der Waals surface area contributed by atoms with Gasteiger partial charge in [0.25, 0.3) is 20.0 Å². The molecule has 0 bridgehead atoms. The Hall–Kier alpha value is -6.26. The van der Waals surface area contributed by atoms with E-state index in [0.29, 0.717) is 5.39 Å². The highest BCUT2D eigenvalue weighted by Gasteiger charge is 2.34. The molecule has 2 aromatic heterocycles. The molecule has 4 heterocycles. The Morgan fingerprint density at radius 3 is 1.69 bits per heavy atom. The summed E-state index contributed by atoms with van der Waals surface area (Å²) in [4.78, 5) is 30.6. The number of carboxylic acids is 2. The first-order valence-electron chi connectivity index (χ1n) is 16.7. The van der Waals surface area contributed by atoms with E-state index in [4.69, 9.17) is 14.6 Å². The van der Waals surface area contributed by atoms with Gasteiger partial charge in [0.1, 0.15) is 24.6 Å². The average molecular weight is 771 g/mol. The SMILES string of the molecule is CC.O=C(O)c1cnc2c(c1)N(S(=O)(=O)c1ccc3ccccc3c1)CCO2.O=C(O)c1cnc2c(c1)N(S(=O)(=O)c1cccc3ccccc13)CCO2. The summed E-state index contributed by atoms with van der Waals surface area (Å²) in [5, 5.41) is 21.5. The number of hydrogen-bond donors (Lipinski definition) is 2. The molecule has 2 aliphatic rings. The van der Waals surface area contributed by atoms with Gasteiger partial charge in [0.2, 0.25) is 11.8 Å². The average Bonchev–Trinajstić information content (AvgIpc) is 3.20. The normalized spacial score (nSPS) is 13.5. The maximum Gasteiger partial charge on any atom is 0.337 e. The lowest BCUT2D eigenvalue weighted by Gasteiger charge is -2.30. The van der Waals surface area contributed by atoms with Crippen LogP contribution in [0.2, 0.25) is 0 Å². The van der Waals surface area contributed by atoms with Crippen molar-refractivity contribution in [3.05, 3.63) is 121 Å². The topological polar surface area (TPSA) is 194 Å². The minimum Gasteiger partial charge on any atom is -0.478 e. The number of ether oxygens (including phenoxy) is 2. The zero-order valence-electron chi connectivity index (χ0n) is 29.0. The fourth-order valence-electron chi connectivity index (χ4n) is 5.88. The molecule has 0 fully saturated rings. The number of carbonyl (C=O) groups is 2. The predicted octanol–water partition coefficient (Wildman–Crippen LogP) is 6.07. The van der Waals surface area contributed by atoms with E-state index < -0.39 is 32.0 Å². The number of aromatic carboxylic acids is 2. The van der Waals surface area contributed by atoms with Crippen LogP contribution in [0.3, 0.4) is 0 Å². The fraction of sp³-hybridized carbons (Fsp3) is 0.158. The summed E-state index contributed by atoms with van der Waals surface area (Å²) in [6.07, 6.45) is 2.29. The number of nitrogens with zero attached hydrogens (tertiary/aromatic N) is 4. The number of fused-ring (bicyclic) bond motifs is 4. The van der Waals surface area contributed by atoms with Crippen molar-refractivity contribution in [2.45, 2.75) is 23.6 Å². The van der Waals surface area contributed by atoms with Crippen LogP contribution < -0.4 is 18.1 Å². The van der Waals surface area contributed by atoms with Gasteiger partial charge in [-0.15, -0.1) is 0 Å². The van der Waals surface area contributed by atoms with E-state index in [9.17, 15) is 31.5 Å². The largest absolute Gasteiger partial charge is 0.478 e. The number of anilines is 2. The lowest BCUT2D eigenvalue weighted by Crippen LogP contribution is -2.38. The summed E-state index contributed by atoms with van der Waals surface area (Å²) in [6, 6.07) is 27.2. The number of rotatable bonds is 6. The van der Waals surface area contributed by atoms with Crippen molar-refractivity contribution in [2.24, 2.45) is 0 Å². The van der Waals surface area contributed by atoms with Crippen molar-refractivity contribution < 1.29 is 46.1 Å². The molecule has 0 radical (unpaired) electrons. The number of sulfonamides is 2. The van der Waals surface area contributed by atoms with Gasteiger partial charge >= 0.3 is 11.9 Å². The Morgan fingerprint density at radius 1 is 0.611 bits per heavy atom. The van der Waals surface area contributed by atoms with Crippen LogP contribution in [0, 0.1) is 0 Å². The Bertz CT molecular complexity index is 2610. The van der Waals surface area contributed by atoms with E-state index in [1.807, 2.05) is 56.3 Å². The van der Waals surface area contributed by atoms with E-state index in [1.54, 1.807) is 42.5 Å². The minimum atomic E-state index is -3.92. The maximum absolute atomic E-state index is 13.3. The first-order chi connectivity index (χ1) is 25.9. The molecule has 2 aliphatic heterocycles. The molecule has 0 aliphatic carbocycles. The molecule has 14 nitrogen and oxygen atoms in total. The predicted molar refractivity (Wildman–Crippen MR) is 202 cm³/mol. The molecule has 16 heteroatoms. The van der Waals surface area contributed by atoms with Gasteiger partial charge in [0.05, 0.1) is 34.0 Å². The second-order valence-corrected chi connectivity index (χ2v) is 15.2. The summed E-state index contributed by atoms with van der Waals surface area (Å²) in [6.45, 7) is 4.42. The van der Waals surface area contributed by atoms with E-state index in [2.05, 4.69) is 9.97 Å². The van der Waals surface area contributed by atoms with Crippen LogP contribution in [0.1, 0.15) is 34.6 Å². The Labute approximate surface area is 311 Å². The minimum absolute atomic E-state index is 0.0727. The second-order valence-electron chi connectivity index (χ2n) is 11.5. The van der Waals surface area contributed by atoms with Gasteiger partial charge in [-0.25, -0.2) is 36.4 Å². The Morgan fingerprint density at radius 2 is 1.11 bits per heavy atom. The van der Waals surface area contributed by atoms with E-state index >= 15 is 0 Å². The second kappa shape index (κ2) is 15.4. The lowest BCUT2D eigenvalue weighted by molar-refractivity contribution is 0.0685. The van der Waals surface area contributed by atoms with Crippen molar-refractivity contribution in [1.82, 2.24) is 9.97 Å². The summed E-state index contributed by atoms with van der Waals surface area (Å²) in [5.41, 5.74) is 0.0497. The standard InChI is InChI=1S/2C18H14N2O5S.C2H6/c21-18(22)13-10-15-17(19-11-13)25-9-8-20(15)26(23,24)16-7-3-5-12-4-1-2-6-14(12)16;21-18(22)14-10-16-17(19-11-14)25-8-7-20(16)26(23,24)15-6-5-12-3-1-2-4-13(12)9-15;1-2/h1-7,10-11H,8-9H2,(H,21,22);1-6,9-11H,7-8H2,(H,21,22);1-2H3. The van der Waals surface area contributed by atoms with Gasteiger partial charge in [0.15, 0.2) is 0 Å². The summed E-state index contributed by atoms with van der Waals surface area (Å²) >= 11 is 0. The molecule has 4 aromatic carbocycles. The van der Waals surface area contributed by atoms with Crippen molar-refractivity contribution in [3.8, 4) is 11.8 Å². The molecule has 0 saturated carbocycles. The van der Waals surface area contributed by atoms with Gasteiger partial charge in [-0.1, -0.05) is 80.6 Å². The summed E-state index contributed by atoms with van der Waals surface area (Å²) in [7, 11) is -7.81. The molecule has 0 atom stereocenters. The molecule has 8 rings (SSSR count). The fourth-order valence-corrected chi connectivity index (χ4v) is 9.01. The number of hydrogen-bond acceptors (Lipinski definition) is 10. The highest BCUT2D eigenvalue weighted by Crippen LogP contribution is 2.37. The van der Waals surface area contributed by atoms with Crippen LogP contribution in [-0.2, 0) is 20.0 Å². The van der Waals surface area contributed by atoms with Crippen molar-refractivity contribution >= 4 is 64.9 Å². The molecule has 0 saturated heterocycles. The maximum atomic E-state index is 13.3. The van der Waals surface area contributed by atoms with Gasteiger partial charge < -0.3 is 19.7 Å². The molecule has 2 N–H and O–H groups in total. The van der Waals surface area contributed by atoms with Crippen LogP contribution in [0.4, 0.5) is 11.4 Å². The number of carboxylic acid groups (broad SMARTS) is 2. The zero-order valence-corrected chi connectivity index (χ0v) is 30.6. The smallest absolute Gasteiger partial charge is 0.337 e. The van der Waals surface area contributed by atoms with Gasteiger partial charge in [-0.3, -0.25) is 8.61 Å². The van der Waals surface area contributed by atoms with Crippen LogP contribution in [0.15, 0.2) is 119 Å². The van der Waals surface area contributed by atoms with Crippen LogP contribution in [0.25, 0.3) is 21.5 Å². The van der Waals surface area contributed by atoms with Crippen LogP contribution >= 0.6 is 0 Å². The Kier molecular flexibility index (Phi) is 10.7. The molecular formula is C38H34N4O10S2. The van der Waals surface area contributed by atoms with E-state index in [-0.39, 0.29) is 70.4 Å². The highest BCUT2D eigenvalue weighted by atomic mass is 32.2. The van der Waals surface area contributed by atoms with Crippen LogP contribution in [-0.4, -0.2) is 75.3 Å². The molecular weight excluding hydrogens is 737 g/mol. The number of pyridine rings is 2. The molecule has 278 valence electrons. The van der Waals surface area contributed by atoms with E-state index in [0.717, 1.165) is 37.2 Å². The monoisotopic (exact) mass is 770 g/mol. The molecule has 6 aromatic rings. The van der Waals surface area contributed by atoms with Crippen molar-refractivity contribution in [3.63, 3.8) is 0 Å². The quantitative estimate of drug-likeness (QED) is 0.199. The van der Waals surface area contributed by atoms with Crippen molar-refractivity contribution in [2.75, 3.05) is 34.9 Å². The molecule has 0 unspecified atom stereocenters. The first kappa shape index (κ1) is 37.5. The van der Waals surface area contributed by atoms with Crippen LogP contribution in [0.5, 0.6) is 11.8 Å². The third-order valence-electron chi connectivity index (χ3n) is 8.39. The molecule has 0 amide bonds. The first-order valence-corrected chi connectivity index (χ1v) is 19.6. The highest BCUT2D eigenvalue weighted by molar-refractivity contribution is 7.93. The zero-order chi connectivity index (χ0) is 38.6. The summed E-state index contributed by atoms with van der Waals surface area (Å²) in [5.74, 6) is -2.17. The van der Waals surface area contributed by atoms with Gasteiger partial charge in [0, 0.05) is 17.8 Å². The molecule has 0 spiro atoms. The van der Waals surface area contributed by atoms with Crippen molar-refractivity contribution in [1.29, 1.82) is 0 Å². The van der Waals surface area contributed by atoms with E-state index in [1.165, 1.54) is 12.1 Å².